The fourth-order valence-electron chi connectivity index (χ4n) is 10.0. The van der Waals surface area contributed by atoms with Crippen molar-refractivity contribution in [2.75, 3.05) is 0 Å². The molecule has 2 heteroatoms. The summed E-state index contributed by atoms with van der Waals surface area (Å²) < 4.78 is 0. The van der Waals surface area contributed by atoms with Gasteiger partial charge in [0.05, 0.1) is 0 Å². The molecule has 0 N–H and O–H groups in total. The molecule has 1 aliphatic rings. The SMILES string of the molecule is CCCCCCC1(CCCCCC)c2cc(-c3c4ccccc4c(S)c4ccccc34)ccc2-c2ccc(-c3c4ccccc4c(S)c4ccccc34)cc21. The lowest BCUT2D eigenvalue weighted by molar-refractivity contribution is 0.401. The second-order valence-electron chi connectivity index (χ2n) is 15.9. The van der Waals surface area contributed by atoms with Gasteiger partial charge in [0.25, 0.3) is 0 Å². The van der Waals surface area contributed by atoms with Crippen LogP contribution in [0.25, 0.3) is 76.5 Å². The Morgan fingerprint density at radius 2 is 0.709 bits per heavy atom. The summed E-state index contributed by atoms with van der Waals surface area (Å²) in [5, 5.41) is 9.93. The van der Waals surface area contributed by atoms with Crippen molar-refractivity contribution in [2.24, 2.45) is 0 Å². The third-order valence-corrected chi connectivity index (χ3v) is 13.6. The van der Waals surface area contributed by atoms with Gasteiger partial charge >= 0.3 is 0 Å². The number of hydrogen-bond acceptors (Lipinski definition) is 2. The van der Waals surface area contributed by atoms with E-state index in [0.29, 0.717) is 0 Å². The zero-order chi connectivity index (χ0) is 37.5. The van der Waals surface area contributed by atoms with Gasteiger partial charge < -0.3 is 0 Å². The molecule has 0 radical (unpaired) electrons. The average molecular weight is 751 g/mol. The second kappa shape index (κ2) is 15.2. The lowest BCUT2D eigenvalue weighted by Gasteiger charge is -2.33. The standard InChI is InChI=1S/C53H50S2/c1-3-5-7-17-31-53(32-18-8-6-4-2)47-33-35(49-39-19-9-13-23-43(39)51(54)44-24-14-10-20-40(44)49)27-29-37(47)38-30-28-36(34-48(38)53)50-41-21-11-15-25-45(41)52(55)46-26-16-12-22-42(46)50/h9-16,19-30,33-34,54-55H,3-8,17-18,31-32H2,1-2H3. The van der Waals surface area contributed by atoms with Crippen molar-refractivity contribution in [3.8, 4) is 33.4 Å². The summed E-state index contributed by atoms with van der Waals surface area (Å²) in [6, 6.07) is 50.3. The zero-order valence-electron chi connectivity index (χ0n) is 32.2. The maximum Gasteiger partial charge on any atom is 0.0215 e. The highest BCUT2D eigenvalue weighted by Gasteiger charge is 2.43. The molecule has 0 unspecified atom stereocenters. The van der Waals surface area contributed by atoms with E-state index in [1.165, 1.54) is 152 Å². The van der Waals surface area contributed by atoms with Crippen molar-refractivity contribution in [1.29, 1.82) is 0 Å². The summed E-state index contributed by atoms with van der Waals surface area (Å²) in [6.07, 6.45) is 12.4. The average Bonchev–Trinajstić information content (AvgIpc) is 3.49. The van der Waals surface area contributed by atoms with E-state index in [4.69, 9.17) is 25.3 Å². The molecule has 0 spiro atoms. The van der Waals surface area contributed by atoms with Gasteiger partial charge in [-0.05, 0) is 113 Å². The Labute approximate surface area is 337 Å². The maximum atomic E-state index is 5.10. The molecule has 0 bridgehead atoms. The molecule has 0 aliphatic heterocycles. The number of benzene rings is 8. The molecule has 0 nitrogen and oxygen atoms in total. The summed E-state index contributed by atoms with van der Waals surface area (Å²) in [6.45, 7) is 4.66. The van der Waals surface area contributed by atoms with Gasteiger partial charge in [0.15, 0.2) is 0 Å². The topological polar surface area (TPSA) is 0 Å². The highest BCUT2D eigenvalue weighted by Crippen LogP contribution is 2.57. The normalized spacial score (nSPS) is 13.2. The van der Waals surface area contributed by atoms with Crippen molar-refractivity contribution in [2.45, 2.75) is 93.3 Å². The zero-order valence-corrected chi connectivity index (χ0v) is 34.0. The van der Waals surface area contributed by atoms with E-state index >= 15 is 0 Å². The van der Waals surface area contributed by atoms with E-state index in [9.17, 15) is 0 Å². The van der Waals surface area contributed by atoms with Crippen molar-refractivity contribution in [3.05, 3.63) is 145 Å². The first-order valence-electron chi connectivity index (χ1n) is 20.6. The molecule has 0 amide bonds. The van der Waals surface area contributed by atoms with Crippen LogP contribution in [0.4, 0.5) is 0 Å². The van der Waals surface area contributed by atoms with Crippen molar-refractivity contribution in [3.63, 3.8) is 0 Å². The van der Waals surface area contributed by atoms with Crippen LogP contribution < -0.4 is 0 Å². The first-order valence-corrected chi connectivity index (χ1v) is 21.5. The minimum absolute atomic E-state index is 0.0671. The fourth-order valence-corrected chi connectivity index (χ4v) is 10.8. The quantitative estimate of drug-likeness (QED) is 0.0693. The highest BCUT2D eigenvalue weighted by molar-refractivity contribution is 7.81. The smallest absolute Gasteiger partial charge is 0.0215 e. The van der Waals surface area contributed by atoms with Crippen LogP contribution in [0.2, 0.25) is 0 Å². The predicted molar refractivity (Wildman–Crippen MR) is 246 cm³/mol. The molecule has 0 heterocycles. The minimum Gasteiger partial charge on any atom is -0.142 e. The summed E-state index contributed by atoms with van der Waals surface area (Å²) >= 11 is 10.2. The van der Waals surface area contributed by atoms with Gasteiger partial charge in [-0.3, -0.25) is 0 Å². The summed E-state index contributed by atoms with van der Waals surface area (Å²) in [5.74, 6) is 0. The van der Waals surface area contributed by atoms with Gasteiger partial charge in [-0.15, -0.1) is 25.3 Å². The molecule has 0 fully saturated rings. The number of hydrogen-bond donors (Lipinski definition) is 2. The van der Waals surface area contributed by atoms with Gasteiger partial charge in [-0.25, -0.2) is 0 Å². The van der Waals surface area contributed by atoms with Gasteiger partial charge in [-0.1, -0.05) is 187 Å². The van der Waals surface area contributed by atoms with Crippen molar-refractivity contribution < 1.29 is 0 Å². The van der Waals surface area contributed by atoms with Crippen LogP contribution in [0.5, 0.6) is 0 Å². The van der Waals surface area contributed by atoms with Crippen molar-refractivity contribution >= 4 is 68.3 Å². The van der Waals surface area contributed by atoms with E-state index in [-0.39, 0.29) is 5.41 Å². The van der Waals surface area contributed by atoms with Crippen LogP contribution in [-0.4, -0.2) is 0 Å². The van der Waals surface area contributed by atoms with Crippen LogP contribution in [0.1, 0.15) is 89.2 Å². The molecule has 0 atom stereocenters. The first-order chi connectivity index (χ1) is 27.1. The molecule has 0 aromatic heterocycles. The predicted octanol–water partition coefficient (Wildman–Crippen LogP) is 16.4. The van der Waals surface area contributed by atoms with Gasteiger partial charge in [0, 0.05) is 15.2 Å². The monoisotopic (exact) mass is 750 g/mol. The molecule has 274 valence electrons. The molecule has 0 saturated heterocycles. The lowest BCUT2D eigenvalue weighted by atomic mass is 9.69. The third-order valence-electron chi connectivity index (χ3n) is 12.7. The molecule has 1 aliphatic carbocycles. The minimum atomic E-state index is -0.0671. The van der Waals surface area contributed by atoms with E-state index in [1.807, 2.05) is 0 Å². The highest BCUT2D eigenvalue weighted by atomic mass is 32.1. The van der Waals surface area contributed by atoms with Crippen LogP contribution in [0, 0.1) is 0 Å². The molecular weight excluding hydrogens is 701 g/mol. The Balaban J connectivity index is 1.30. The third kappa shape index (κ3) is 6.08. The number of rotatable bonds is 12. The molecule has 8 aromatic carbocycles. The van der Waals surface area contributed by atoms with Gasteiger partial charge in [-0.2, -0.15) is 0 Å². The van der Waals surface area contributed by atoms with E-state index in [1.54, 1.807) is 0 Å². The number of thiol groups is 2. The largest absolute Gasteiger partial charge is 0.142 e. The van der Waals surface area contributed by atoms with Crippen LogP contribution in [0.3, 0.4) is 0 Å². The van der Waals surface area contributed by atoms with E-state index in [2.05, 4.69) is 147 Å². The number of fused-ring (bicyclic) bond motifs is 7. The molecule has 0 saturated carbocycles. The molecule has 8 aromatic rings. The Bertz CT molecular complexity index is 2420. The first kappa shape index (κ1) is 36.2. The van der Waals surface area contributed by atoms with Gasteiger partial charge in [0.1, 0.15) is 0 Å². The maximum absolute atomic E-state index is 5.10. The Morgan fingerprint density at radius 1 is 0.382 bits per heavy atom. The Morgan fingerprint density at radius 3 is 1.04 bits per heavy atom. The molecule has 9 rings (SSSR count). The molecule has 55 heavy (non-hydrogen) atoms. The van der Waals surface area contributed by atoms with Crippen LogP contribution >= 0.6 is 25.3 Å². The Kier molecular flexibility index (Phi) is 10.00. The lowest BCUT2D eigenvalue weighted by Crippen LogP contribution is -2.25. The van der Waals surface area contributed by atoms with Crippen LogP contribution in [-0.2, 0) is 5.41 Å². The van der Waals surface area contributed by atoms with Gasteiger partial charge in [0.2, 0.25) is 0 Å². The van der Waals surface area contributed by atoms with E-state index < -0.39 is 0 Å². The van der Waals surface area contributed by atoms with E-state index in [0.717, 1.165) is 9.79 Å². The summed E-state index contributed by atoms with van der Waals surface area (Å²) in [5.41, 5.74) is 11.1. The van der Waals surface area contributed by atoms with Crippen molar-refractivity contribution in [1.82, 2.24) is 0 Å². The number of unbranched alkanes of at least 4 members (excludes halogenated alkanes) is 6. The Hall–Kier alpha value is -4.50. The second-order valence-corrected chi connectivity index (χ2v) is 16.7. The van der Waals surface area contributed by atoms with Crippen LogP contribution in [0.15, 0.2) is 143 Å². The summed E-state index contributed by atoms with van der Waals surface area (Å²) in [4.78, 5) is 2.12. The molecular formula is C53H50S2. The summed E-state index contributed by atoms with van der Waals surface area (Å²) in [7, 11) is 0. The fraction of sp³-hybridized carbons (Fsp3) is 0.245.